The van der Waals surface area contributed by atoms with Crippen molar-refractivity contribution >= 4 is 0 Å². The van der Waals surface area contributed by atoms with Gasteiger partial charge < -0.3 is 0 Å². The van der Waals surface area contributed by atoms with Crippen LogP contribution in [0.3, 0.4) is 0 Å². The van der Waals surface area contributed by atoms with Gasteiger partial charge in [-0.3, -0.25) is 0 Å². The number of aromatic nitrogens is 6. The number of hydrogen-bond donors (Lipinski definition) is 0. The van der Waals surface area contributed by atoms with Gasteiger partial charge in [-0.05, 0) is 12.8 Å². The molecule has 0 unspecified atom stereocenters. The van der Waals surface area contributed by atoms with Crippen molar-refractivity contribution in [2.75, 3.05) is 0 Å². The minimum Gasteiger partial charge on any atom is -0.247 e. The monoisotopic (exact) mass is 472 g/mol. The highest BCUT2D eigenvalue weighted by Crippen LogP contribution is 1.93. The number of allylic oxidation sites excluding steroid dienone is 4. The van der Waals surface area contributed by atoms with Crippen molar-refractivity contribution in [2.45, 2.75) is 52.1 Å². The average Bonchev–Trinajstić information content (AvgIpc) is 2.81. The molecule has 0 fully saturated rings. The van der Waals surface area contributed by atoms with Crippen LogP contribution in [0, 0.1) is 0 Å². The van der Waals surface area contributed by atoms with Gasteiger partial charge in [-0.2, -0.15) is 0 Å². The lowest BCUT2D eigenvalue weighted by molar-refractivity contribution is 0.432. The van der Waals surface area contributed by atoms with Crippen LogP contribution in [-0.4, -0.2) is 27.4 Å². The lowest BCUT2D eigenvalue weighted by Gasteiger charge is -2.13. The van der Waals surface area contributed by atoms with E-state index in [4.69, 9.17) is 0 Å². The van der Waals surface area contributed by atoms with Crippen LogP contribution in [0.15, 0.2) is 79.4 Å². The first-order valence-electron chi connectivity index (χ1n) is 10.6. The predicted molar refractivity (Wildman–Crippen MR) is 128 cm³/mol. The van der Waals surface area contributed by atoms with E-state index in [2.05, 4.69) is 26.3 Å². The van der Waals surface area contributed by atoms with E-state index in [1.54, 1.807) is 0 Å². The summed E-state index contributed by atoms with van der Waals surface area (Å²) < 4.78 is 5.41. The fraction of sp³-hybridized carbons (Fsp3) is 0.364. The summed E-state index contributed by atoms with van der Waals surface area (Å²) in [5.41, 5.74) is -4.63. The summed E-state index contributed by atoms with van der Waals surface area (Å²) in [6.07, 6.45) is 5.96. The number of unbranched alkanes of at least 4 members (excludes halogenated alkanes) is 1. The zero-order valence-electron chi connectivity index (χ0n) is 18.9. The molecule has 2 heterocycles. The smallest absolute Gasteiger partial charge is 0.247 e. The molecule has 2 aromatic heterocycles. The second-order valence-corrected chi connectivity index (χ2v) is 7.30. The summed E-state index contributed by atoms with van der Waals surface area (Å²) >= 11 is 0. The Hall–Kier alpha value is -4.22. The first-order valence-corrected chi connectivity index (χ1v) is 10.6. The second kappa shape index (κ2) is 11.6. The molecule has 12 nitrogen and oxygen atoms in total. The molecule has 182 valence electrons. The first kappa shape index (κ1) is 26.0. The molecule has 0 aliphatic heterocycles. The molecule has 0 N–H and O–H groups in total. The summed E-state index contributed by atoms with van der Waals surface area (Å²) in [5, 5.41) is 0. The van der Waals surface area contributed by atoms with Gasteiger partial charge in [0.25, 0.3) is 0 Å². The summed E-state index contributed by atoms with van der Waals surface area (Å²) in [6, 6.07) is 0. The van der Waals surface area contributed by atoms with E-state index in [0.717, 1.165) is 27.4 Å². The highest BCUT2D eigenvalue weighted by atomic mass is 16.2. The van der Waals surface area contributed by atoms with Crippen LogP contribution in [0.2, 0.25) is 0 Å². The van der Waals surface area contributed by atoms with Gasteiger partial charge in [-0.1, -0.05) is 24.3 Å². The standard InChI is InChI=1S/C22H28N6O6/c1-5-11-23-17(29)24(12-6-2)20(32)27(19(23)31)15-9-10-16-28-21(33)25(13-7-3)18(30)26(14-8-4)22(28)34/h5-8H,1-4,9-16H2. The quantitative estimate of drug-likeness (QED) is 0.268. The van der Waals surface area contributed by atoms with Gasteiger partial charge in [0.2, 0.25) is 0 Å². The Morgan fingerprint density at radius 2 is 0.618 bits per heavy atom. The fourth-order valence-electron chi connectivity index (χ4n) is 3.43. The molecule has 0 aliphatic carbocycles. The molecule has 0 aromatic carbocycles. The van der Waals surface area contributed by atoms with E-state index in [1.807, 2.05) is 0 Å². The van der Waals surface area contributed by atoms with E-state index in [-0.39, 0.29) is 52.1 Å². The Morgan fingerprint density at radius 3 is 0.824 bits per heavy atom. The molecule has 0 aliphatic rings. The van der Waals surface area contributed by atoms with Crippen LogP contribution in [0.5, 0.6) is 0 Å². The highest BCUT2D eigenvalue weighted by Gasteiger charge is 2.16. The molecule has 2 aromatic rings. The maximum atomic E-state index is 12.7. The molecule has 0 radical (unpaired) electrons. The number of nitrogens with zero attached hydrogens (tertiary/aromatic N) is 6. The van der Waals surface area contributed by atoms with Gasteiger partial charge in [0, 0.05) is 13.1 Å². The molecule has 0 spiro atoms. The zero-order chi connectivity index (χ0) is 25.4. The Bertz CT molecular complexity index is 1250. The fourth-order valence-corrected chi connectivity index (χ4v) is 3.43. The summed E-state index contributed by atoms with van der Waals surface area (Å²) in [7, 11) is 0. The van der Waals surface area contributed by atoms with Crippen LogP contribution < -0.4 is 34.1 Å². The van der Waals surface area contributed by atoms with E-state index < -0.39 is 34.1 Å². The Kier molecular flexibility index (Phi) is 8.87. The third kappa shape index (κ3) is 5.05. The lowest BCUT2D eigenvalue weighted by atomic mass is 10.3. The molecule has 0 saturated heterocycles. The SMILES string of the molecule is C=CCn1c(=O)n(CC=C)c(=O)n(CCCCn2c(=O)n(CC=C)c(=O)n(CC=C)c2=O)c1=O. The van der Waals surface area contributed by atoms with Crippen molar-refractivity contribution in [3.63, 3.8) is 0 Å². The molecule has 0 amide bonds. The summed E-state index contributed by atoms with van der Waals surface area (Å²) in [5.74, 6) is 0. The van der Waals surface area contributed by atoms with Crippen molar-refractivity contribution in [1.82, 2.24) is 27.4 Å². The largest absolute Gasteiger partial charge is 0.336 e. The molecule has 12 heteroatoms. The maximum Gasteiger partial charge on any atom is 0.336 e. The van der Waals surface area contributed by atoms with Gasteiger partial charge in [0.05, 0.1) is 26.2 Å². The van der Waals surface area contributed by atoms with Crippen LogP contribution >= 0.6 is 0 Å². The molecule has 0 bridgehead atoms. The third-order valence-electron chi connectivity index (χ3n) is 5.03. The minimum atomic E-state index is -0.778. The van der Waals surface area contributed by atoms with Crippen LogP contribution in [0.25, 0.3) is 0 Å². The van der Waals surface area contributed by atoms with Crippen molar-refractivity contribution in [2.24, 2.45) is 0 Å². The van der Waals surface area contributed by atoms with Crippen molar-refractivity contribution < 1.29 is 0 Å². The lowest BCUT2D eigenvalue weighted by Crippen LogP contribution is -2.54. The van der Waals surface area contributed by atoms with Crippen LogP contribution in [-0.2, 0) is 39.3 Å². The Balaban J connectivity index is 2.38. The zero-order valence-corrected chi connectivity index (χ0v) is 18.9. The van der Waals surface area contributed by atoms with E-state index in [0.29, 0.717) is 0 Å². The van der Waals surface area contributed by atoms with Gasteiger partial charge in [-0.15, -0.1) is 26.3 Å². The summed E-state index contributed by atoms with van der Waals surface area (Å²) in [6.45, 7) is 13.7. The molecule has 34 heavy (non-hydrogen) atoms. The molecule has 0 saturated carbocycles. The van der Waals surface area contributed by atoms with Crippen LogP contribution in [0.1, 0.15) is 12.8 Å². The van der Waals surface area contributed by atoms with Gasteiger partial charge in [0.1, 0.15) is 0 Å². The maximum absolute atomic E-state index is 12.7. The Morgan fingerprint density at radius 1 is 0.412 bits per heavy atom. The molecule has 0 atom stereocenters. The Labute approximate surface area is 193 Å². The van der Waals surface area contributed by atoms with Gasteiger partial charge >= 0.3 is 34.1 Å². The molecular formula is C22H28N6O6. The topological polar surface area (TPSA) is 132 Å². The van der Waals surface area contributed by atoms with Crippen LogP contribution in [0.4, 0.5) is 0 Å². The summed E-state index contributed by atoms with van der Waals surface area (Å²) in [4.78, 5) is 75.6. The second-order valence-electron chi connectivity index (χ2n) is 7.30. The van der Waals surface area contributed by atoms with Crippen molar-refractivity contribution in [3.05, 3.63) is 114 Å². The van der Waals surface area contributed by atoms with E-state index >= 15 is 0 Å². The minimum absolute atomic E-state index is 0.0475. The highest BCUT2D eigenvalue weighted by molar-refractivity contribution is 4.86. The third-order valence-corrected chi connectivity index (χ3v) is 5.03. The van der Waals surface area contributed by atoms with Gasteiger partial charge in [0.15, 0.2) is 0 Å². The number of rotatable bonds is 13. The van der Waals surface area contributed by atoms with Gasteiger partial charge in [-0.25, -0.2) is 56.2 Å². The molecule has 2 rings (SSSR count). The first-order chi connectivity index (χ1) is 16.2. The number of hydrogen-bond acceptors (Lipinski definition) is 6. The normalized spacial score (nSPS) is 10.7. The average molecular weight is 473 g/mol. The van der Waals surface area contributed by atoms with E-state index in [9.17, 15) is 28.8 Å². The van der Waals surface area contributed by atoms with Crippen molar-refractivity contribution in [3.8, 4) is 0 Å². The predicted octanol–water partition coefficient (Wildman–Crippen LogP) is -1.12. The van der Waals surface area contributed by atoms with Crippen molar-refractivity contribution in [1.29, 1.82) is 0 Å². The molecular weight excluding hydrogens is 444 g/mol. The van der Waals surface area contributed by atoms with E-state index in [1.165, 1.54) is 24.3 Å².